The largest absolute Gasteiger partial charge is 0.493 e. The molecule has 2 heteroatoms. The molecule has 1 saturated carbocycles. The number of ether oxygens (including phenoxy) is 1. The van der Waals surface area contributed by atoms with Gasteiger partial charge in [0.25, 0.3) is 0 Å². The SMILES string of the molecule is CCC1CCCC(C(N)CC2CCOc3ccccc32)C1. The second-order valence-electron chi connectivity index (χ2n) is 6.97. The van der Waals surface area contributed by atoms with Gasteiger partial charge in [0.2, 0.25) is 0 Å². The van der Waals surface area contributed by atoms with E-state index in [1.54, 1.807) is 0 Å². The van der Waals surface area contributed by atoms with Crippen molar-refractivity contribution in [1.29, 1.82) is 0 Å². The van der Waals surface area contributed by atoms with Crippen LogP contribution in [0.1, 0.15) is 63.4 Å². The highest BCUT2D eigenvalue weighted by Crippen LogP contribution is 2.39. The highest BCUT2D eigenvalue weighted by molar-refractivity contribution is 5.37. The van der Waals surface area contributed by atoms with Gasteiger partial charge in [-0.15, -0.1) is 0 Å². The summed E-state index contributed by atoms with van der Waals surface area (Å²) in [7, 11) is 0. The minimum Gasteiger partial charge on any atom is -0.493 e. The predicted molar refractivity (Wildman–Crippen MR) is 87.6 cm³/mol. The maximum Gasteiger partial charge on any atom is 0.122 e. The molecule has 1 aliphatic heterocycles. The topological polar surface area (TPSA) is 35.2 Å². The zero-order chi connectivity index (χ0) is 14.7. The Labute approximate surface area is 129 Å². The average molecular weight is 287 g/mol. The van der Waals surface area contributed by atoms with Crippen molar-refractivity contribution >= 4 is 0 Å². The number of rotatable bonds is 4. The van der Waals surface area contributed by atoms with Crippen LogP contribution in [0.3, 0.4) is 0 Å². The van der Waals surface area contributed by atoms with Gasteiger partial charge in [0.15, 0.2) is 0 Å². The first-order chi connectivity index (χ1) is 10.3. The molecule has 2 N–H and O–H groups in total. The van der Waals surface area contributed by atoms with Gasteiger partial charge < -0.3 is 10.5 Å². The Morgan fingerprint density at radius 3 is 2.95 bits per heavy atom. The molecule has 0 bridgehead atoms. The van der Waals surface area contributed by atoms with E-state index in [2.05, 4.69) is 31.2 Å². The Morgan fingerprint density at radius 1 is 1.24 bits per heavy atom. The maximum absolute atomic E-state index is 6.61. The quantitative estimate of drug-likeness (QED) is 0.885. The Kier molecular flexibility index (Phi) is 4.84. The lowest BCUT2D eigenvalue weighted by molar-refractivity contribution is 0.205. The average Bonchev–Trinajstić information content (AvgIpc) is 2.55. The van der Waals surface area contributed by atoms with Crippen LogP contribution in [0.15, 0.2) is 24.3 Å². The fourth-order valence-corrected chi connectivity index (χ4v) is 4.27. The number of benzene rings is 1. The van der Waals surface area contributed by atoms with E-state index in [9.17, 15) is 0 Å². The zero-order valence-electron chi connectivity index (χ0n) is 13.3. The third-order valence-corrected chi connectivity index (χ3v) is 5.65. The van der Waals surface area contributed by atoms with E-state index in [1.165, 1.54) is 37.7 Å². The third-order valence-electron chi connectivity index (χ3n) is 5.65. The molecule has 1 fully saturated rings. The normalized spacial score (nSPS) is 30.3. The minimum atomic E-state index is 0.357. The highest BCUT2D eigenvalue weighted by atomic mass is 16.5. The molecule has 4 unspecified atom stereocenters. The van der Waals surface area contributed by atoms with E-state index < -0.39 is 0 Å². The van der Waals surface area contributed by atoms with Crippen LogP contribution in [0.25, 0.3) is 0 Å². The number of nitrogens with two attached hydrogens (primary N) is 1. The van der Waals surface area contributed by atoms with Crippen molar-refractivity contribution in [1.82, 2.24) is 0 Å². The molecule has 1 aromatic carbocycles. The summed E-state index contributed by atoms with van der Waals surface area (Å²) in [5.41, 5.74) is 7.99. The summed E-state index contributed by atoms with van der Waals surface area (Å²) in [4.78, 5) is 0. The lowest BCUT2D eigenvalue weighted by Gasteiger charge is -2.35. The molecular formula is C19H29NO. The second-order valence-corrected chi connectivity index (χ2v) is 6.97. The molecule has 116 valence electrons. The molecule has 3 rings (SSSR count). The van der Waals surface area contributed by atoms with Crippen LogP contribution in [-0.2, 0) is 0 Å². The highest BCUT2D eigenvalue weighted by Gasteiger charge is 2.29. The number of para-hydroxylation sites is 1. The molecule has 2 nitrogen and oxygen atoms in total. The van der Waals surface area contributed by atoms with Gasteiger partial charge in [-0.3, -0.25) is 0 Å². The number of hydrogen-bond acceptors (Lipinski definition) is 2. The lowest BCUT2D eigenvalue weighted by atomic mass is 9.74. The van der Waals surface area contributed by atoms with E-state index in [4.69, 9.17) is 10.5 Å². The molecule has 4 atom stereocenters. The Hall–Kier alpha value is -1.02. The monoisotopic (exact) mass is 287 g/mol. The van der Waals surface area contributed by atoms with Gasteiger partial charge in [0.1, 0.15) is 5.75 Å². The van der Waals surface area contributed by atoms with Crippen molar-refractivity contribution in [2.45, 2.75) is 63.8 Å². The standard InChI is InChI=1S/C19H29NO/c1-2-14-6-5-7-16(12-14)18(20)13-15-10-11-21-19-9-4-3-8-17(15)19/h3-4,8-9,14-16,18H,2,5-7,10-13,20H2,1H3. The van der Waals surface area contributed by atoms with Gasteiger partial charge in [-0.1, -0.05) is 44.4 Å². The predicted octanol–water partition coefficient (Wildman–Crippen LogP) is 4.49. The van der Waals surface area contributed by atoms with Gasteiger partial charge in [0, 0.05) is 6.04 Å². The van der Waals surface area contributed by atoms with Crippen molar-refractivity contribution in [2.24, 2.45) is 17.6 Å². The Balaban J connectivity index is 1.64. The first-order valence-corrected chi connectivity index (χ1v) is 8.75. The molecule has 21 heavy (non-hydrogen) atoms. The van der Waals surface area contributed by atoms with Crippen molar-refractivity contribution in [2.75, 3.05) is 6.61 Å². The fourth-order valence-electron chi connectivity index (χ4n) is 4.27. The van der Waals surface area contributed by atoms with E-state index in [0.717, 1.165) is 37.0 Å². The molecule has 0 saturated heterocycles. The van der Waals surface area contributed by atoms with Crippen molar-refractivity contribution < 1.29 is 4.74 Å². The Morgan fingerprint density at radius 2 is 2.10 bits per heavy atom. The van der Waals surface area contributed by atoms with E-state index in [-0.39, 0.29) is 0 Å². The van der Waals surface area contributed by atoms with Crippen molar-refractivity contribution in [3.63, 3.8) is 0 Å². The summed E-state index contributed by atoms with van der Waals surface area (Å²) >= 11 is 0. The summed E-state index contributed by atoms with van der Waals surface area (Å²) in [6.45, 7) is 3.17. The number of hydrogen-bond donors (Lipinski definition) is 1. The molecular weight excluding hydrogens is 258 g/mol. The van der Waals surface area contributed by atoms with Crippen LogP contribution >= 0.6 is 0 Å². The van der Waals surface area contributed by atoms with Crippen LogP contribution < -0.4 is 10.5 Å². The third kappa shape index (κ3) is 3.42. The molecule has 0 radical (unpaired) electrons. The van der Waals surface area contributed by atoms with Gasteiger partial charge in [-0.05, 0) is 55.1 Å². The molecule has 0 aromatic heterocycles. The van der Waals surface area contributed by atoms with E-state index >= 15 is 0 Å². The molecule has 0 amide bonds. The summed E-state index contributed by atoms with van der Waals surface area (Å²) < 4.78 is 5.77. The first-order valence-electron chi connectivity index (χ1n) is 8.75. The van der Waals surface area contributed by atoms with Gasteiger partial charge in [0.05, 0.1) is 6.61 Å². The fraction of sp³-hybridized carbons (Fsp3) is 0.684. The van der Waals surface area contributed by atoms with Gasteiger partial charge in [-0.25, -0.2) is 0 Å². The first kappa shape index (κ1) is 14.9. The van der Waals surface area contributed by atoms with Crippen molar-refractivity contribution in [3.05, 3.63) is 29.8 Å². The van der Waals surface area contributed by atoms with Gasteiger partial charge >= 0.3 is 0 Å². The van der Waals surface area contributed by atoms with Crippen LogP contribution in [-0.4, -0.2) is 12.6 Å². The summed E-state index contributed by atoms with van der Waals surface area (Å²) in [5, 5.41) is 0. The Bertz CT molecular complexity index is 459. The van der Waals surface area contributed by atoms with Crippen LogP contribution in [0.5, 0.6) is 5.75 Å². The second kappa shape index (κ2) is 6.83. The summed E-state index contributed by atoms with van der Waals surface area (Å²) in [5.74, 6) is 3.32. The van der Waals surface area contributed by atoms with E-state index in [0.29, 0.717) is 12.0 Å². The van der Waals surface area contributed by atoms with Crippen molar-refractivity contribution in [3.8, 4) is 5.75 Å². The number of fused-ring (bicyclic) bond motifs is 1. The molecule has 2 aliphatic rings. The van der Waals surface area contributed by atoms with Gasteiger partial charge in [-0.2, -0.15) is 0 Å². The molecule has 1 heterocycles. The zero-order valence-corrected chi connectivity index (χ0v) is 13.3. The van der Waals surface area contributed by atoms with Crippen LogP contribution in [0, 0.1) is 11.8 Å². The van der Waals surface area contributed by atoms with Crippen LogP contribution in [0.2, 0.25) is 0 Å². The molecule has 0 spiro atoms. The smallest absolute Gasteiger partial charge is 0.122 e. The summed E-state index contributed by atoms with van der Waals surface area (Å²) in [6.07, 6.45) is 9.05. The minimum absolute atomic E-state index is 0.357. The van der Waals surface area contributed by atoms with Crippen LogP contribution in [0.4, 0.5) is 0 Å². The molecule has 1 aromatic rings. The molecule has 1 aliphatic carbocycles. The summed E-state index contributed by atoms with van der Waals surface area (Å²) in [6, 6.07) is 8.87. The lowest BCUT2D eigenvalue weighted by Crippen LogP contribution is -2.35. The maximum atomic E-state index is 6.61. The van der Waals surface area contributed by atoms with E-state index in [1.807, 2.05) is 0 Å².